The quantitative estimate of drug-likeness (QED) is 0.460. The third-order valence-corrected chi connectivity index (χ3v) is 9.16. The van der Waals surface area contributed by atoms with Crippen LogP contribution < -0.4 is 14.2 Å². The largest absolute Gasteiger partial charge is 0.496 e. The Hall–Kier alpha value is -2.67. The van der Waals surface area contributed by atoms with Gasteiger partial charge in [0.25, 0.3) is 5.91 Å². The average Bonchev–Trinajstić information content (AvgIpc) is 3.15. The van der Waals surface area contributed by atoms with Gasteiger partial charge in [0.05, 0.1) is 22.5 Å². The standard InChI is InChI=1S/C24H33N3O7S2/c1-26(2)36(31,32)20-10-8-19(9-11-20)34-17-14-25-35(29,30)21-12-13-23(33-3)22(18-21)24(28)27-15-6-4-5-7-16-27/h8-13,18,25H,4-7,14-17H2,1-3H3. The van der Waals surface area contributed by atoms with Crippen LogP contribution in [0.1, 0.15) is 36.0 Å². The van der Waals surface area contributed by atoms with Crippen molar-refractivity contribution in [3.05, 3.63) is 48.0 Å². The van der Waals surface area contributed by atoms with Gasteiger partial charge in [-0.15, -0.1) is 0 Å². The van der Waals surface area contributed by atoms with Crippen molar-refractivity contribution in [2.45, 2.75) is 35.5 Å². The monoisotopic (exact) mass is 539 g/mol. The van der Waals surface area contributed by atoms with Gasteiger partial charge in [0.15, 0.2) is 0 Å². The van der Waals surface area contributed by atoms with E-state index in [1.54, 1.807) is 4.90 Å². The lowest BCUT2D eigenvalue weighted by molar-refractivity contribution is 0.0758. The fourth-order valence-electron chi connectivity index (χ4n) is 3.81. The lowest BCUT2D eigenvalue weighted by Crippen LogP contribution is -2.32. The number of carbonyl (C=O) groups excluding carboxylic acids is 1. The number of likely N-dealkylation sites (tertiary alicyclic amines) is 1. The Balaban J connectivity index is 1.63. The van der Waals surface area contributed by atoms with E-state index in [1.807, 2.05) is 0 Å². The van der Waals surface area contributed by atoms with Gasteiger partial charge in [-0.2, -0.15) is 0 Å². The van der Waals surface area contributed by atoms with Gasteiger partial charge in [-0.25, -0.2) is 25.9 Å². The SMILES string of the molecule is COc1ccc(S(=O)(=O)NCCOc2ccc(S(=O)(=O)N(C)C)cc2)cc1C(=O)N1CCCCCC1. The summed E-state index contributed by atoms with van der Waals surface area (Å²) >= 11 is 0. The molecule has 0 spiro atoms. The van der Waals surface area contributed by atoms with Crippen LogP contribution >= 0.6 is 0 Å². The Morgan fingerprint density at radius 1 is 0.944 bits per heavy atom. The molecule has 10 nitrogen and oxygen atoms in total. The van der Waals surface area contributed by atoms with Crippen molar-refractivity contribution < 1.29 is 31.1 Å². The molecule has 0 aromatic heterocycles. The Kier molecular flexibility index (Phi) is 9.34. The molecule has 1 amide bonds. The second-order valence-electron chi connectivity index (χ2n) is 8.57. The Bertz CT molecular complexity index is 1250. The van der Waals surface area contributed by atoms with Crippen molar-refractivity contribution in [2.24, 2.45) is 0 Å². The molecule has 2 aromatic rings. The molecule has 0 bridgehead atoms. The normalized spacial score (nSPS) is 14.9. The second kappa shape index (κ2) is 12.0. The lowest BCUT2D eigenvalue weighted by atomic mass is 10.1. The summed E-state index contributed by atoms with van der Waals surface area (Å²) in [4.78, 5) is 15.0. The van der Waals surface area contributed by atoms with Crippen LogP contribution in [0.2, 0.25) is 0 Å². The maximum atomic E-state index is 13.1. The number of nitrogens with zero attached hydrogens (tertiary/aromatic N) is 2. The first-order valence-corrected chi connectivity index (χ1v) is 14.6. The van der Waals surface area contributed by atoms with Gasteiger partial charge in [0.1, 0.15) is 18.1 Å². The molecule has 2 aromatic carbocycles. The van der Waals surface area contributed by atoms with E-state index < -0.39 is 20.0 Å². The molecular formula is C24H33N3O7S2. The number of carbonyl (C=O) groups is 1. The van der Waals surface area contributed by atoms with E-state index in [4.69, 9.17) is 9.47 Å². The molecule has 36 heavy (non-hydrogen) atoms. The molecule has 198 valence electrons. The van der Waals surface area contributed by atoms with E-state index in [2.05, 4.69) is 4.72 Å². The van der Waals surface area contributed by atoms with Crippen molar-refractivity contribution >= 4 is 26.0 Å². The van der Waals surface area contributed by atoms with Crippen LogP contribution in [-0.4, -0.2) is 79.4 Å². The van der Waals surface area contributed by atoms with Crippen LogP contribution in [0.15, 0.2) is 52.3 Å². The number of rotatable bonds is 10. The van der Waals surface area contributed by atoms with Gasteiger partial charge in [-0.1, -0.05) is 12.8 Å². The molecule has 1 fully saturated rings. The number of hydrogen-bond acceptors (Lipinski definition) is 7. The molecule has 0 aliphatic carbocycles. The summed E-state index contributed by atoms with van der Waals surface area (Å²) in [6.45, 7) is 1.27. The third kappa shape index (κ3) is 6.75. The molecule has 0 unspecified atom stereocenters. The zero-order valence-corrected chi connectivity index (χ0v) is 22.4. The number of hydrogen-bond donors (Lipinski definition) is 1. The van der Waals surface area contributed by atoms with Gasteiger partial charge in [-0.3, -0.25) is 4.79 Å². The fourth-order valence-corrected chi connectivity index (χ4v) is 5.75. The number of sulfonamides is 2. The van der Waals surface area contributed by atoms with Crippen molar-refractivity contribution in [2.75, 3.05) is 47.4 Å². The number of nitrogens with one attached hydrogen (secondary N) is 1. The maximum absolute atomic E-state index is 13.1. The Morgan fingerprint density at radius 3 is 2.14 bits per heavy atom. The topological polar surface area (TPSA) is 122 Å². The molecular weight excluding hydrogens is 506 g/mol. The van der Waals surface area contributed by atoms with E-state index >= 15 is 0 Å². The van der Waals surface area contributed by atoms with Gasteiger partial charge in [-0.05, 0) is 55.3 Å². The molecule has 1 saturated heterocycles. The zero-order chi connectivity index (χ0) is 26.3. The highest BCUT2D eigenvalue weighted by molar-refractivity contribution is 7.89. The first kappa shape index (κ1) is 27.9. The highest BCUT2D eigenvalue weighted by atomic mass is 32.2. The zero-order valence-electron chi connectivity index (χ0n) is 20.8. The predicted molar refractivity (Wildman–Crippen MR) is 135 cm³/mol. The van der Waals surface area contributed by atoms with E-state index in [0.29, 0.717) is 24.6 Å². The maximum Gasteiger partial charge on any atom is 0.257 e. The predicted octanol–water partition coefficient (Wildman–Crippen LogP) is 2.32. The highest BCUT2D eigenvalue weighted by Gasteiger charge is 2.24. The van der Waals surface area contributed by atoms with Crippen LogP contribution in [0.5, 0.6) is 11.5 Å². The minimum Gasteiger partial charge on any atom is -0.496 e. The van der Waals surface area contributed by atoms with Crippen molar-refractivity contribution in [3.63, 3.8) is 0 Å². The summed E-state index contributed by atoms with van der Waals surface area (Å²) < 4.78 is 64.4. The average molecular weight is 540 g/mol. The van der Waals surface area contributed by atoms with Gasteiger partial charge >= 0.3 is 0 Å². The summed E-state index contributed by atoms with van der Waals surface area (Å²) in [5.74, 6) is 0.488. The van der Waals surface area contributed by atoms with Crippen LogP contribution in [0.3, 0.4) is 0 Å². The second-order valence-corrected chi connectivity index (χ2v) is 12.5. The van der Waals surface area contributed by atoms with Gasteiger partial charge in [0, 0.05) is 33.7 Å². The van der Waals surface area contributed by atoms with E-state index in [-0.39, 0.29) is 34.4 Å². The minimum absolute atomic E-state index is 0.0225. The molecule has 0 atom stereocenters. The summed E-state index contributed by atoms with van der Waals surface area (Å²) in [5.41, 5.74) is 0.214. The number of benzene rings is 2. The Labute approximate surface area is 213 Å². The van der Waals surface area contributed by atoms with Crippen LogP contribution in [0.4, 0.5) is 0 Å². The van der Waals surface area contributed by atoms with E-state index in [1.165, 1.54) is 63.7 Å². The molecule has 1 N–H and O–H groups in total. The highest BCUT2D eigenvalue weighted by Crippen LogP contribution is 2.25. The fraction of sp³-hybridized carbons (Fsp3) is 0.458. The summed E-state index contributed by atoms with van der Waals surface area (Å²) in [6, 6.07) is 10.1. The van der Waals surface area contributed by atoms with E-state index in [0.717, 1.165) is 30.0 Å². The molecule has 1 aliphatic heterocycles. The first-order chi connectivity index (χ1) is 17.1. The molecule has 0 radical (unpaired) electrons. The third-order valence-electron chi connectivity index (χ3n) is 5.87. The molecule has 1 aliphatic rings. The van der Waals surface area contributed by atoms with Crippen LogP contribution in [0.25, 0.3) is 0 Å². The number of methoxy groups -OCH3 is 1. The van der Waals surface area contributed by atoms with Crippen molar-refractivity contribution in [3.8, 4) is 11.5 Å². The molecule has 1 heterocycles. The molecule has 12 heteroatoms. The lowest BCUT2D eigenvalue weighted by Gasteiger charge is -2.22. The first-order valence-electron chi connectivity index (χ1n) is 11.7. The summed E-state index contributed by atoms with van der Waals surface area (Å²) in [7, 11) is -3.11. The summed E-state index contributed by atoms with van der Waals surface area (Å²) in [5, 5.41) is 0. The van der Waals surface area contributed by atoms with Crippen LogP contribution in [0, 0.1) is 0 Å². The smallest absolute Gasteiger partial charge is 0.257 e. The van der Waals surface area contributed by atoms with Crippen LogP contribution in [-0.2, 0) is 20.0 Å². The minimum atomic E-state index is -3.91. The number of ether oxygens (including phenoxy) is 2. The molecule has 3 rings (SSSR count). The van der Waals surface area contributed by atoms with Gasteiger partial charge < -0.3 is 14.4 Å². The Morgan fingerprint density at radius 2 is 1.56 bits per heavy atom. The summed E-state index contributed by atoms with van der Waals surface area (Å²) in [6.07, 6.45) is 3.98. The number of amides is 1. The van der Waals surface area contributed by atoms with E-state index in [9.17, 15) is 21.6 Å². The van der Waals surface area contributed by atoms with Crippen molar-refractivity contribution in [1.82, 2.24) is 13.9 Å². The van der Waals surface area contributed by atoms with Gasteiger partial charge in [0.2, 0.25) is 20.0 Å². The van der Waals surface area contributed by atoms with Crippen molar-refractivity contribution in [1.29, 1.82) is 0 Å². The molecule has 0 saturated carbocycles.